The summed E-state index contributed by atoms with van der Waals surface area (Å²) in [6.45, 7) is 3.70. The molecule has 2 saturated heterocycles. The van der Waals surface area contributed by atoms with E-state index in [9.17, 15) is 15.3 Å². The van der Waals surface area contributed by atoms with Gasteiger partial charge < -0.3 is 20.2 Å². The zero-order chi connectivity index (χ0) is 16.9. The number of β-amino-alcohol motifs (C(OH)–C–C–N with tert-alkyl or cyclic N) is 1. The van der Waals surface area contributed by atoms with Gasteiger partial charge in [0.15, 0.2) is 0 Å². The highest BCUT2D eigenvalue weighted by atomic mass is 16.3. The number of piperidine rings is 2. The summed E-state index contributed by atoms with van der Waals surface area (Å²) in [6.07, 6.45) is 11.9. The van der Waals surface area contributed by atoms with Crippen LogP contribution < -0.4 is 0 Å². The maximum Gasteiger partial charge on any atom is 0.0926 e. The van der Waals surface area contributed by atoms with Crippen molar-refractivity contribution in [1.29, 1.82) is 0 Å². The van der Waals surface area contributed by atoms with Crippen molar-refractivity contribution in [3.05, 3.63) is 23.9 Å². The fourth-order valence-corrected chi connectivity index (χ4v) is 4.22. The van der Waals surface area contributed by atoms with Gasteiger partial charge in [0, 0.05) is 31.4 Å². The fraction of sp³-hybridized carbons (Fsp3) is 0.789. The van der Waals surface area contributed by atoms with E-state index < -0.39 is 12.2 Å². The summed E-state index contributed by atoms with van der Waals surface area (Å²) < 4.78 is 0. The molecule has 136 valence electrons. The minimum atomic E-state index is -0.696. The van der Waals surface area contributed by atoms with Crippen molar-refractivity contribution in [2.24, 2.45) is 5.92 Å². The predicted molar refractivity (Wildman–Crippen MR) is 94.4 cm³/mol. The molecule has 3 rings (SSSR count). The predicted octanol–water partition coefficient (Wildman–Crippen LogP) is 1.11. The van der Waals surface area contributed by atoms with Crippen molar-refractivity contribution >= 4 is 0 Å². The van der Waals surface area contributed by atoms with E-state index in [1.54, 1.807) is 0 Å². The quantitative estimate of drug-likeness (QED) is 0.702. The molecule has 2 fully saturated rings. The first kappa shape index (κ1) is 17.9. The van der Waals surface area contributed by atoms with Crippen molar-refractivity contribution in [2.45, 2.75) is 56.8 Å². The molecule has 24 heavy (non-hydrogen) atoms. The van der Waals surface area contributed by atoms with E-state index in [2.05, 4.69) is 28.0 Å². The molecule has 3 N–H and O–H groups in total. The van der Waals surface area contributed by atoms with Gasteiger partial charge in [-0.05, 0) is 57.1 Å². The monoisotopic (exact) mass is 336 g/mol. The van der Waals surface area contributed by atoms with Crippen LogP contribution in [-0.4, -0.2) is 76.2 Å². The number of hydrogen-bond acceptors (Lipinski definition) is 5. The first-order valence-electron chi connectivity index (χ1n) is 9.50. The van der Waals surface area contributed by atoms with Gasteiger partial charge >= 0.3 is 0 Å². The number of hydrogen-bond donors (Lipinski definition) is 3. The number of aliphatic hydroxyl groups excluding tert-OH is 3. The van der Waals surface area contributed by atoms with Gasteiger partial charge in [0.2, 0.25) is 0 Å². The van der Waals surface area contributed by atoms with Crippen LogP contribution in [0.4, 0.5) is 0 Å². The summed E-state index contributed by atoms with van der Waals surface area (Å²) in [5.41, 5.74) is 1.40. The Labute approximate surface area is 145 Å². The van der Waals surface area contributed by atoms with Gasteiger partial charge in [-0.25, -0.2) is 0 Å². The van der Waals surface area contributed by atoms with Crippen LogP contribution in [0.5, 0.6) is 0 Å². The molecule has 2 aliphatic heterocycles. The Bertz CT molecular complexity index is 458. The number of nitrogens with zero attached hydrogens (tertiary/aromatic N) is 2. The Hall–Kier alpha value is -0.880. The summed E-state index contributed by atoms with van der Waals surface area (Å²) in [7, 11) is 0. The van der Waals surface area contributed by atoms with E-state index >= 15 is 0 Å². The van der Waals surface area contributed by atoms with Crippen LogP contribution in [0.15, 0.2) is 23.9 Å². The average molecular weight is 336 g/mol. The highest BCUT2D eigenvalue weighted by molar-refractivity contribution is 5.21. The maximum absolute atomic E-state index is 9.88. The topological polar surface area (TPSA) is 67.2 Å². The second kappa shape index (κ2) is 8.48. The van der Waals surface area contributed by atoms with Gasteiger partial charge in [-0.15, -0.1) is 0 Å². The highest BCUT2D eigenvalue weighted by Gasteiger charge is 2.33. The molecule has 1 aliphatic carbocycles. The van der Waals surface area contributed by atoms with Gasteiger partial charge in [-0.1, -0.05) is 12.2 Å². The molecule has 0 amide bonds. The average Bonchev–Trinajstić information content (AvgIpc) is 2.63. The Morgan fingerprint density at radius 3 is 2.54 bits per heavy atom. The van der Waals surface area contributed by atoms with Crippen molar-refractivity contribution < 1.29 is 15.3 Å². The molecule has 0 saturated carbocycles. The molecular formula is C19H32N2O3. The van der Waals surface area contributed by atoms with Crippen LogP contribution in [0.1, 0.15) is 38.5 Å². The summed E-state index contributed by atoms with van der Waals surface area (Å²) in [4.78, 5) is 4.67. The SMILES string of the molecule is OC[C@H]1CC(O)[C@@H](O)CN1CCC1CCN(C2=CCCC=C2)CC1. The Morgan fingerprint density at radius 1 is 1.08 bits per heavy atom. The second-order valence-electron chi connectivity index (χ2n) is 7.53. The van der Waals surface area contributed by atoms with Crippen LogP contribution >= 0.6 is 0 Å². The normalized spacial score (nSPS) is 32.9. The lowest BCUT2D eigenvalue weighted by Crippen LogP contribution is -2.54. The van der Waals surface area contributed by atoms with Gasteiger partial charge in [0.1, 0.15) is 0 Å². The Balaban J connectivity index is 1.43. The zero-order valence-electron chi connectivity index (χ0n) is 14.6. The van der Waals surface area contributed by atoms with Crippen molar-refractivity contribution in [1.82, 2.24) is 9.80 Å². The largest absolute Gasteiger partial charge is 0.395 e. The van der Waals surface area contributed by atoms with Crippen molar-refractivity contribution in [2.75, 3.05) is 32.8 Å². The van der Waals surface area contributed by atoms with Gasteiger partial charge in [0.25, 0.3) is 0 Å². The van der Waals surface area contributed by atoms with Gasteiger partial charge in [0.05, 0.1) is 18.8 Å². The molecule has 3 atom stereocenters. The van der Waals surface area contributed by atoms with Crippen LogP contribution in [0.2, 0.25) is 0 Å². The molecule has 5 heteroatoms. The third-order valence-electron chi connectivity index (χ3n) is 5.89. The number of rotatable bonds is 5. The molecule has 0 bridgehead atoms. The van der Waals surface area contributed by atoms with Crippen LogP contribution in [0.3, 0.4) is 0 Å². The summed E-state index contributed by atoms with van der Waals surface area (Å²) >= 11 is 0. The fourth-order valence-electron chi connectivity index (χ4n) is 4.22. The van der Waals surface area contributed by atoms with E-state index in [1.807, 2.05) is 0 Å². The Kier molecular flexibility index (Phi) is 6.33. The third-order valence-corrected chi connectivity index (χ3v) is 5.89. The molecule has 2 heterocycles. The van der Waals surface area contributed by atoms with E-state index in [0.717, 1.165) is 38.4 Å². The lowest BCUT2D eigenvalue weighted by atomic mass is 9.91. The van der Waals surface area contributed by atoms with Crippen LogP contribution in [0, 0.1) is 5.92 Å². The molecule has 3 aliphatic rings. The van der Waals surface area contributed by atoms with E-state index in [4.69, 9.17) is 0 Å². The summed E-state index contributed by atoms with van der Waals surface area (Å²) in [6, 6.07) is -0.0129. The van der Waals surface area contributed by atoms with Crippen LogP contribution in [-0.2, 0) is 0 Å². The standard InChI is InChI=1S/C19H32N2O3/c22-14-17-12-18(23)19(24)13-21(17)11-8-15-6-9-20(10-7-15)16-4-2-1-3-5-16/h2,4-5,15,17-19,22-24H,1,3,6-14H2/t17-,18?,19+/m1/s1. The maximum atomic E-state index is 9.88. The molecule has 0 spiro atoms. The van der Waals surface area contributed by atoms with E-state index in [0.29, 0.717) is 13.0 Å². The third kappa shape index (κ3) is 4.39. The lowest BCUT2D eigenvalue weighted by Gasteiger charge is -2.41. The first-order chi connectivity index (χ1) is 11.7. The molecular weight excluding hydrogens is 304 g/mol. The number of aliphatic hydroxyl groups is 3. The molecule has 0 radical (unpaired) electrons. The number of allylic oxidation sites excluding steroid dienone is 3. The van der Waals surface area contributed by atoms with Gasteiger partial charge in [-0.2, -0.15) is 0 Å². The minimum Gasteiger partial charge on any atom is -0.395 e. The van der Waals surface area contributed by atoms with Crippen molar-refractivity contribution in [3.8, 4) is 0 Å². The molecule has 0 aromatic heterocycles. The highest BCUT2D eigenvalue weighted by Crippen LogP contribution is 2.26. The number of likely N-dealkylation sites (tertiary alicyclic amines) is 2. The lowest BCUT2D eigenvalue weighted by molar-refractivity contribution is -0.0722. The summed E-state index contributed by atoms with van der Waals surface area (Å²) in [5.74, 6) is 0.720. The first-order valence-corrected chi connectivity index (χ1v) is 9.50. The summed E-state index contributed by atoms with van der Waals surface area (Å²) in [5, 5.41) is 29.2. The molecule has 1 unspecified atom stereocenters. The second-order valence-corrected chi connectivity index (χ2v) is 7.53. The zero-order valence-corrected chi connectivity index (χ0v) is 14.6. The Morgan fingerprint density at radius 2 is 1.88 bits per heavy atom. The minimum absolute atomic E-state index is 0.0129. The molecule has 0 aromatic rings. The van der Waals surface area contributed by atoms with Crippen LogP contribution in [0.25, 0.3) is 0 Å². The molecule has 5 nitrogen and oxygen atoms in total. The molecule has 0 aromatic carbocycles. The van der Waals surface area contributed by atoms with Gasteiger partial charge in [-0.3, -0.25) is 4.90 Å². The smallest absolute Gasteiger partial charge is 0.0926 e. The van der Waals surface area contributed by atoms with E-state index in [-0.39, 0.29) is 12.6 Å². The van der Waals surface area contributed by atoms with Crippen molar-refractivity contribution in [3.63, 3.8) is 0 Å². The van der Waals surface area contributed by atoms with E-state index in [1.165, 1.54) is 25.0 Å².